The summed E-state index contributed by atoms with van der Waals surface area (Å²) in [5, 5.41) is 20.5. The van der Waals surface area contributed by atoms with Crippen LogP contribution in [0, 0.1) is 20.9 Å². The van der Waals surface area contributed by atoms with E-state index in [1.165, 1.54) is 12.1 Å². The molecule has 5 nitrogen and oxygen atoms in total. The van der Waals surface area contributed by atoms with Crippen molar-refractivity contribution >= 4 is 11.7 Å². The van der Waals surface area contributed by atoms with Crippen molar-refractivity contribution in [2.45, 2.75) is 46.0 Å². The van der Waals surface area contributed by atoms with Crippen molar-refractivity contribution in [3.63, 3.8) is 0 Å². The number of nitro groups is 1. The van der Waals surface area contributed by atoms with Gasteiger partial charge in [-0.05, 0) is 43.1 Å². The predicted molar refractivity (Wildman–Crippen MR) is 79.1 cm³/mol. The Morgan fingerprint density at radius 1 is 1.29 bits per heavy atom. The molecule has 2 rings (SSSR count). The Morgan fingerprint density at radius 3 is 2.43 bits per heavy atom. The van der Waals surface area contributed by atoms with Crippen LogP contribution >= 0.6 is 0 Å². The third-order valence-corrected chi connectivity index (χ3v) is 4.68. The molecule has 1 N–H and O–H groups in total. The molecule has 0 aromatic heterocycles. The summed E-state index contributed by atoms with van der Waals surface area (Å²) in [7, 11) is 0. The zero-order valence-electron chi connectivity index (χ0n) is 12.5. The molecule has 0 saturated heterocycles. The lowest BCUT2D eigenvalue weighted by molar-refractivity contribution is -0.384. The molecule has 21 heavy (non-hydrogen) atoms. The number of aliphatic carboxylic acids is 1. The highest BCUT2D eigenvalue weighted by Gasteiger charge is 2.44. The molecule has 0 unspecified atom stereocenters. The number of nitrogens with zero attached hydrogens (tertiary/aromatic N) is 1. The van der Waals surface area contributed by atoms with Crippen LogP contribution in [0.5, 0.6) is 0 Å². The van der Waals surface area contributed by atoms with Gasteiger partial charge >= 0.3 is 5.97 Å². The van der Waals surface area contributed by atoms with Crippen LogP contribution in [-0.2, 0) is 11.2 Å². The van der Waals surface area contributed by atoms with Crippen LogP contribution in [-0.4, -0.2) is 16.0 Å². The van der Waals surface area contributed by atoms with Crippen molar-refractivity contribution in [2.75, 3.05) is 0 Å². The minimum atomic E-state index is -0.787. The van der Waals surface area contributed by atoms with E-state index in [0.717, 1.165) is 18.4 Å². The monoisotopic (exact) mass is 291 g/mol. The van der Waals surface area contributed by atoms with E-state index in [1.54, 1.807) is 12.1 Å². The molecule has 0 radical (unpaired) electrons. The minimum Gasteiger partial charge on any atom is -0.481 e. The summed E-state index contributed by atoms with van der Waals surface area (Å²) in [4.78, 5) is 22.2. The second-order valence-electron chi connectivity index (χ2n) is 6.85. The standard InChI is InChI=1S/C16H21NO4/c1-15(2)6-8-16(9-7-15,14(18)19)11-12-4-3-5-13(10-12)17(20)21/h3-5,10H,6-9,11H2,1-2H3,(H,18,19). The summed E-state index contributed by atoms with van der Waals surface area (Å²) in [6, 6.07) is 6.32. The largest absolute Gasteiger partial charge is 0.481 e. The zero-order chi connectivity index (χ0) is 15.7. The summed E-state index contributed by atoms with van der Waals surface area (Å²) >= 11 is 0. The molecule has 1 aliphatic rings. The smallest absolute Gasteiger partial charge is 0.309 e. The summed E-state index contributed by atoms with van der Waals surface area (Å²) in [6.45, 7) is 4.32. The van der Waals surface area contributed by atoms with Gasteiger partial charge in [-0.25, -0.2) is 0 Å². The minimum absolute atomic E-state index is 0.0178. The molecule has 0 amide bonds. The fraction of sp³-hybridized carbons (Fsp3) is 0.562. The van der Waals surface area contributed by atoms with Gasteiger partial charge in [0.05, 0.1) is 10.3 Å². The SMILES string of the molecule is CC1(C)CCC(Cc2cccc([N+](=O)[O-])c2)(C(=O)O)CC1. The molecule has 1 aromatic carbocycles. The van der Waals surface area contributed by atoms with Gasteiger partial charge in [0, 0.05) is 12.1 Å². The van der Waals surface area contributed by atoms with Crippen LogP contribution < -0.4 is 0 Å². The molecular weight excluding hydrogens is 270 g/mol. The van der Waals surface area contributed by atoms with Crippen LogP contribution in [0.4, 0.5) is 5.69 Å². The third-order valence-electron chi connectivity index (χ3n) is 4.68. The number of carbonyl (C=O) groups is 1. The molecule has 1 aromatic rings. The Morgan fingerprint density at radius 2 is 1.90 bits per heavy atom. The highest BCUT2D eigenvalue weighted by atomic mass is 16.6. The van der Waals surface area contributed by atoms with Crippen molar-refractivity contribution in [1.82, 2.24) is 0 Å². The highest BCUT2D eigenvalue weighted by Crippen LogP contribution is 2.47. The number of hydrogen-bond donors (Lipinski definition) is 1. The number of rotatable bonds is 4. The van der Waals surface area contributed by atoms with Crippen molar-refractivity contribution in [1.29, 1.82) is 0 Å². The summed E-state index contributed by atoms with van der Waals surface area (Å²) in [5.41, 5.74) is 0.141. The van der Waals surface area contributed by atoms with E-state index < -0.39 is 16.3 Å². The van der Waals surface area contributed by atoms with Crippen molar-refractivity contribution < 1.29 is 14.8 Å². The van der Waals surface area contributed by atoms with E-state index in [0.29, 0.717) is 19.3 Å². The average Bonchev–Trinajstić information content (AvgIpc) is 2.41. The van der Waals surface area contributed by atoms with Gasteiger partial charge in [0.2, 0.25) is 0 Å². The molecule has 0 bridgehead atoms. The first-order valence-corrected chi connectivity index (χ1v) is 7.21. The van der Waals surface area contributed by atoms with Crippen LogP contribution in [0.25, 0.3) is 0 Å². The normalized spacial score (nSPS) is 19.9. The molecular formula is C16H21NO4. The van der Waals surface area contributed by atoms with Crippen molar-refractivity contribution in [3.05, 3.63) is 39.9 Å². The van der Waals surface area contributed by atoms with Crippen molar-refractivity contribution in [2.24, 2.45) is 10.8 Å². The van der Waals surface area contributed by atoms with Crippen LogP contribution in [0.3, 0.4) is 0 Å². The molecule has 1 saturated carbocycles. The first-order chi connectivity index (χ1) is 9.74. The van der Waals surface area contributed by atoms with Gasteiger partial charge in [-0.1, -0.05) is 26.0 Å². The number of non-ortho nitro benzene ring substituents is 1. The van der Waals surface area contributed by atoms with Crippen molar-refractivity contribution in [3.8, 4) is 0 Å². The molecule has 0 aliphatic heterocycles. The Labute approximate surface area is 124 Å². The maximum absolute atomic E-state index is 11.8. The zero-order valence-corrected chi connectivity index (χ0v) is 12.5. The van der Waals surface area contributed by atoms with E-state index in [-0.39, 0.29) is 11.1 Å². The van der Waals surface area contributed by atoms with E-state index >= 15 is 0 Å². The second-order valence-corrected chi connectivity index (χ2v) is 6.85. The Kier molecular flexibility index (Phi) is 4.03. The Bertz CT molecular complexity index is 555. The van der Waals surface area contributed by atoms with Crippen LogP contribution in [0.2, 0.25) is 0 Å². The Balaban J connectivity index is 2.23. The predicted octanol–water partition coefficient (Wildman–Crippen LogP) is 3.81. The lowest BCUT2D eigenvalue weighted by Crippen LogP contribution is -2.39. The van der Waals surface area contributed by atoms with Gasteiger partial charge in [0.1, 0.15) is 0 Å². The number of nitro benzene ring substituents is 1. The van der Waals surface area contributed by atoms with E-state index in [9.17, 15) is 20.0 Å². The fourth-order valence-corrected chi connectivity index (χ4v) is 3.04. The van der Waals surface area contributed by atoms with E-state index in [4.69, 9.17) is 0 Å². The van der Waals surface area contributed by atoms with Gasteiger partial charge in [0.15, 0.2) is 0 Å². The van der Waals surface area contributed by atoms with Crippen LogP contribution in [0.1, 0.15) is 45.1 Å². The molecule has 1 aliphatic carbocycles. The quantitative estimate of drug-likeness (QED) is 0.675. The maximum Gasteiger partial charge on any atom is 0.309 e. The van der Waals surface area contributed by atoms with Gasteiger partial charge in [-0.15, -0.1) is 0 Å². The molecule has 0 spiro atoms. The average molecular weight is 291 g/mol. The molecule has 0 atom stereocenters. The number of hydrogen-bond acceptors (Lipinski definition) is 3. The molecule has 1 fully saturated rings. The van der Waals surface area contributed by atoms with Gasteiger partial charge < -0.3 is 5.11 Å². The molecule has 5 heteroatoms. The summed E-state index contributed by atoms with van der Waals surface area (Å²) in [5.74, 6) is -0.787. The maximum atomic E-state index is 11.8. The third kappa shape index (κ3) is 3.40. The fourth-order valence-electron chi connectivity index (χ4n) is 3.04. The highest BCUT2D eigenvalue weighted by molar-refractivity contribution is 5.75. The summed E-state index contributed by atoms with van der Waals surface area (Å²) in [6.07, 6.45) is 3.35. The number of carboxylic acids is 1. The summed E-state index contributed by atoms with van der Waals surface area (Å²) < 4.78 is 0. The van der Waals surface area contributed by atoms with E-state index in [1.807, 2.05) is 0 Å². The van der Waals surface area contributed by atoms with Gasteiger partial charge in [-0.3, -0.25) is 14.9 Å². The second kappa shape index (κ2) is 5.47. The first kappa shape index (κ1) is 15.5. The van der Waals surface area contributed by atoms with Gasteiger partial charge in [0.25, 0.3) is 5.69 Å². The first-order valence-electron chi connectivity index (χ1n) is 7.21. The number of carboxylic acid groups (broad SMARTS) is 1. The van der Waals surface area contributed by atoms with Gasteiger partial charge in [-0.2, -0.15) is 0 Å². The lowest BCUT2D eigenvalue weighted by Gasteiger charge is -2.41. The molecule has 114 valence electrons. The topological polar surface area (TPSA) is 80.4 Å². The number of benzene rings is 1. The molecule has 0 heterocycles. The lowest BCUT2D eigenvalue weighted by atomic mass is 9.63. The van der Waals surface area contributed by atoms with Crippen LogP contribution in [0.15, 0.2) is 24.3 Å². The Hall–Kier alpha value is -1.91. The van der Waals surface area contributed by atoms with E-state index in [2.05, 4.69) is 13.8 Å².